The number of ether oxygens (including phenoxy) is 3. The van der Waals surface area contributed by atoms with Gasteiger partial charge in [0.1, 0.15) is 30.6 Å². The Morgan fingerprint density at radius 1 is 1.00 bits per heavy atom. The highest BCUT2D eigenvalue weighted by atomic mass is 16.6. The number of rotatable bonds is 12. The van der Waals surface area contributed by atoms with E-state index in [2.05, 4.69) is 10.6 Å². The number of aliphatic carboxylic acids is 1. The van der Waals surface area contributed by atoms with Gasteiger partial charge >= 0.3 is 18.0 Å². The topological polar surface area (TPSA) is 123 Å². The van der Waals surface area contributed by atoms with Crippen molar-refractivity contribution >= 4 is 18.0 Å². The van der Waals surface area contributed by atoms with Crippen LogP contribution in [0.3, 0.4) is 0 Å². The quantitative estimate of drug-likeness (QED) is 0.257. The van der Waals surface area contributed by atoms with Crippen LogP contribution in [0.1, 0.15) is 51.2 Å². The highest BCUT2D eigenvalue weighted by Crippen LogP contribution is 2.36. The maximum Gasteiger partial charge on any atom is 0.408 e. The first kappa shape index (κ1) is 30.7. The molecular formula is C31H40N2O7. The maximum absolute atomic E-state index is 12.9. The van der Waals surface area contributed by atoms with Crippen molar-refractivity contribution in [2.45, 2.75) is 64.7 Å². The Bertz CT molecular complexity index is 1130. The van der Waals surface area contributed by atoms with E-state index in [0.29, 0.717) is 18.8 Å². The molecule has 40 heavy (non-hydrogen) atoms. The summed E-state index contributed by atoms with van der Waals surface area (Å²) in [6.07, 6.45) is 5.22. The number of hydrogen-bond donors (Lipinski definition) is 3. The molecule has 1 saturated heterocycles. The Kier molecular flexibility index (Phi) is 11.1. The average Bonchev–Trinajstić information content (AvgIpc) is 2.92. The molecule has 2 aromatic carbocycles. The van der Waals surface area contributed by atoms with E-state index in [0.717, 1.165) is 37.1 Å². The van der Waals surface area contributed by atoms with Gasteiger partial charge < -0.3 is 30.0 Å². The first-order chi connectivity index (χ1) is 19.1. The minimum absolute atomic E-state index is 0.0543. The lowest BCUT2D eigenvalue weighted by molar-refractivity contribution is -0.169. The van der Waals surface area contributed by atoms with Crippen LogP contribution in [0, 0.1) is 5.41 Å². The monoisotopic (exact) mass is 552 g/mol. The standard InChI is InChI=1S/C31H40N2O7/c1-30(2,3)40-28(36)31(16-18-32-19-17-31)15-7-8-20-38-25-13-11-23(12-14-25)21-26(27(34)35)33-29(37)39-22-24-9-5-4-6-10-24/h4-14,26,32H,15-22H2,1-3H3,(H,33,37)(H,34,35). The third-order valence-corrected chi connectivity index (χ3v) is 6.58. The van der Waals surface area contributed by atoms with Gasteiger partial charge in [0.15, 0.2) is 0 Å². The third kappa shape index (κ3) is 10.0. The van der Waals surface area contributed by atoms with Gasteiger partial charge in [0.2, 0.25) is 0 Å². The maximum atomic E-state index is 12.9. The predicted molar refractivity (Wildman–Crippen MR) is 151 cm³/mol. The van der Waals surface area contributed by atoms with Gasteiger partial charge in [0, 0.05) is 6.42 Å². The van der Waals surface area contributed by atoms with E-state index in [-0.39, 0.29) is 19.0 Å². The third-order valence-electron chi connectivity index (χ3n) is 6.58. The van der Waals surface area contributed by atoms with Crippen LogP contribution < -0.4 is 15.4 Å². The molecule has 9 nitrogen and oxygen atoms in total. The molecule has 3 N–H and O–H groups in total. The summed E-state index contributed by atoms with van der Waals surface area (Å²) in [5.41, 5.74) is 0.479. The molecule has 0 spiro atoms. The highest BCUT2D eigenvalue weighted by molar-refractivity contribution is 5.80. The molecule has 0 saturated carbocycles. The lowest BCUT2D eigenvalue weighted by atomic mass is 9.76. The first-order valence-electron chi connectivity index (χ1n) is 13.6. The van der Waals surface area contributed by atoms with E-state index >= 15 is 0 Å². The minimum Gasteiger partial charge on any atom is -0.490 e. The molecule has 1 heterocycles. The number of nitrogens with one attached hydrogen (secondary N) is 2. The van der Waals surface area contributed by atoms with Gasteiger partial charge in [-0.3, -0.25) is 4.79 Å². The number of hydrogen-bond acceptors (Lipinski definition) is 7. The Hall–Kier alpha value is -3.85. The fourth-order valence-corrected chi connectivity index (χ4v) is 4.37. The number of amides is 1. The molecule has 0 aromatic heterocycles. The second kappa shape index (κ2) is 14.5. The summed E-state index contributed by atoms with van der Waals surface area (Å²) in [6, 6.07) is 15.1. The number of carboxylic acid groups (broad SMARTS) is 1. The average molecular weight is 553 g/mol. The lowest BCUT2D eigenvalue weighted by Gasteiger charge is -2.36. The SMILES string of the molecule is CC(C)(C)OC(=O)C1(CC=CCOc2ccc(CC(NC(=O)OCc3ccccc3)C(=O)O)cc2)CCNCC1. The first-order valence-corrected chi connectivity index (χ1v) is 13.6. The summed E-state index contributed by atoms with van der Waals surface area (Å²) in [4.78, 5) is 36.7. The summed E-state index contributed by atoms with van der Waals surface area (Å²) in [6.45, 7) is 7.59. The van der Waals surface area contributed by atoms with Crippen molar-refractivity contribution in [1.82, 2.24) is 10.6 Å². The largest absolute Gasteiger partial charge is 0.490 e. The van der Waals surface area contributed by atoms with Crippen molar-refractivity contribution < 1.29 is 33.7 Å². The van der Waals surface area contributed by atoms with Crippen LogP contribution in [0.4, 0.5) is 4.79 Å². The molecule has 216 valence electrons. The van der Waals surface area contributed by atoms with Crippen molar-refractivity contribution in [1.29, 1.82) is 0 Å². The van der Waals surface area contributed by atoms with Gasteiger partial charge in [-0.25, -0.2) is 9.59 Å². The van der Waals surface area contributed by atoms with E-state index in [1.54, 1.807) is 24.3 Å². The normalized spacial score (nSPS) is 15.7. The van der Waals surface area contributed by atoms with Gasteiger partial charge in [-0.15, -0.1) is 0 Å². The molecule has 1 aliphatic heterocycles. The van der Waals surface area contributed by atoms with Crippen LogP contribution in [0.2, 0.25) is 0 Å². The van der Waals surface area contributed by atoms with E-state index < -0.39 is 29.1 Å². The number of benzene rings is 2. The van der Waals surface area contributed by atoms with Crippen LogP contribution >= 0.6 is 0 Å². The van der Waals surface area contributed by atoms with E-state index in [1.165, 1.54) is 0 Å². The number of allylic oxidation sites excluding steroid dienone is 1. The minimum atomic E-state index is -1.15. The van der Waals surface area contributed by atoms with E-state index in [1.807, 2.05) is 63.3 Å². The molecule has 9 heteroatoms. The number of esters is 1. The Morgan fingerprint density at radius 2 is 1.68 bits per heavy atom. The molecule has 2 aromatic rings. The van der Waals surface area contributed by atoms with Crippen LogP contribution in [0.15, 0.2) is 66.7 Å². The fraction of sp³-hybridized carbons (Fsp3) is 0.452. The molecule has 1 aliphatic rings. The number of carbonyl (C=O) groups is 3. The van der Waals surface area contributed by atoms with Gasteiger partial charge in [-0.2, -0.15) is 0 Å². The number of carbonyl (C=O) groups excluding carboxylic acids is 2. The molecule has 1 atom stereocenters. The zero-order chi connectivity index (χ0) is 29.0. The Balaban J connectivity index is 1.46. The zero-order valence-electron chi connectivity index (χ0n) is 23.5. The molecule has 0 bridgehead atoms. The van der Waals surface area contributed by atoms with Crippen LogP contribution in [-0.4, -0.2) is 54.5 Å². The van der Waals surface area contributed by atoms with Gasteiger partial charge in [0.05, 0.1) is 5.41 Å². The second-order valence-electron chi connectivity index (χ2n) is 11.0. The smallest absolute Gasteiger partial charge is 0.408 e. The highest BCUT2D eigenvalue weighted by Gasteiger charge is 2.41. The van der Waals surface area contributed by atoms with Gasteiger partial charge in [0.25, 0.3) is 0 Å². The van der Waals surface area contributed by atoms with Crippen LogP contribution in [0.5, 0.6) is 5.75 Å². The van der Waals surface area contributed by atoms with E-state index in [4.69, 9.17) is 14.2 Å². The van der Waals surface area contributed by atoms with Crippen molar-refractivity contribution in [2.75, 3.05) is 19.7 Å². The number of piperidine rings is 1. The van der Waals surface area contributed by atoms with Crippen molar-refractivity contribution in [3.8, 4) is 5.75 Å². The van der Waals surface area contributed by atoms with E-state index in [9.17, 15) is 19.5 Å². The molecule has 1 fully saturated rings. The van der Waals surface area contributed by atoms with Crippen molar-refractivity contribution in [3.63, 3.8) is 0 Å². The fourth-order valence-electron chi connectivity index (χ4n) is 4.37. The second-order valence-corrected chi connectivity index (χ2v) is 11.0. The summed E-state index contributed by atoms with van der Waals surface area (Å²) in [5, 5.41) is 15.3. The number of alkyl carbamates (subject to hydrolysis) is 1. The summed E-state index contributed by atoms with van der Waals surface area (Å²) < 4.78 is 16.6. The van der Waals surface area contributed by atoms with Gasteiger partial charge in [-0.1, -0.05) is 54.6 Å². The summed E-state index contributed by atoms with van der Waals surface area (Å²) >= 11 is 0. The summed E-state index contributed by atoms with van der Waals surface area (Å²) in [7, 11) is 0. The molecule has 3 rings (SSSR count). The lowest BCUT2D eigenvalue weighted by Crippen LogP contribution is -2.45. The van der Waals surface area contributed by atoms with Crippen LogP contribution in [0.25, 0.3) is 0 Å². The summed E-state index contributed by atoms with van der Waals surface area (Å²) in [5.74, 6) is -0.680. The van der Waals surface area contributed by atoms with Crippen LogP contribution in [-0.2, 0) is 32.1 Å². The molecule has 1 amide bonds. The number of carboxylic acids is 1. The molecule has 1 unspecified atom stereocenters. The molecule has 0 radical (unpaired) electrons. The zero-order valence-corrected chi connectivity index (χ0v) is 23.5. The predicted octanol–water partition coefficient (Wildman–Crippen LogP) is 4.65. The Morgan fingerprint density at radius 3 is 2.30 bits per heavy atom. The van der Waals surface area contributed by atoms with Gasteiger partial charge in [-0.05, 0) is 76.4 Å². The Labute approximate surface area is 235 Å². The molecular weight excluding hydrogens is 512 g/mol. The molecule has 0 aliphatic carbocycles. The van der Waals surface area contributed by atoms with Crippen molar-refractivity contribution in [2.24, 2.45) is 5.41 Å². The van der Waals surface area contributed by atoms with Crippen molar-refractivity contribution in [3.05, 3.63) is 77.9 Å².